The van der Waals surface area contributed by atoms with Crippen LogP contribution >= 0.6 is 35.6 Å². The highest BCUT2D eigenvalue weighted by molar-refractivity contribution is 6.34. The molecule has 1 amide bonds. The van der Waals surface area contributed by atoms with Crippen LogP contribution in [0.4, 0.5) is 0 Å². The Morgan fingerprint density at radius 2 is 1.91 bits per heavy atom. The molecular weight excluding hydrogens is 355 g/mol. The Balaban J connectivity index is 0.00000192. The number of rotatable bonds is 3. The second-order valence-corrected chi connectivity index (χ2v) is 7.58. The highest BCUT2D eigenvalue weighted by Gasteiger charge is 2.47. The van der Waals surface area contributed by atoms with E-state index < -0.39 is 0 Å². The third kappa shape index (κ3) is 4.14. The molecule has 1 saturated heterocycles. The quantitative estimate of drug-likeness (QED) is 0.862. The van der Waals surface area contributed by atoms with E-state index in [9.17, 15) is 4.79 Å². The van der Waals surface area contributed by atoms with Gasteiger partial charge in [0, 0.05) is 35.1 Å². The van der Waals surface area contributed by atoms with E-state index in [2.05, 4.69) is 6.92 Å². The van der Waals surface area contributed by atoms with E-state index >= 15 is 0 Å². The van der Waals surface area contributed by atoms with Gasteiger partial charge < -0.3 is 10.6 Å². The van der Waals surface area contributed by atoms with Gasteiger partial charge >= 0.3 is 0 Å². The molecule has 3 nitrogen and oxygen atoms in total. The van der Waals surface area contributed by atoms with Crippen molar-refractivity contribution in [2.24, 2.45) is 17.6 Å². The van der Waals surface area contributed by atoms with Gasteiger partial charge in [0.25, 0.3) is 0 Å². The van der Waals surface area contributed by atoms with Crippen LogP contribution in [0.2, 0.25) is 10.0 Å². The molecule has 0 bridgehead atoms. The molecule has 3 rings (SSSR count). The van der Waals surface area contributed by atoms with E-state index in [1.165, 1.54) is 0 Å². The first-order chi connectivity index (χ1) is 10.5. The van der Waals surface area contributed by atoms with Crippen molar-refractivity contribution in [3.05, 3.63) is 33.8 Å². The lowest BCUT2D eigenvalue weighted by molar-refractivity contribution is -0.136. The molecule has 23 heavy (non-hydrogen) atoms. The number of nitrogens with two attached hydrogens (primary N) is 1. The fourth-order valence-electron chi connectivity index (χ4n) is 3.60. The zero-order chi connectivity index (χ0) is 15.9. The molecule has 6 heteroatoms. The molecule has 1 aliphatic carbocycles. The van der Waals surface area contributed by atoms with Gasteiger partial charge in [-0.05, 0) is 54.9 Å². The van der Waals surface area contributed by atoms with Crippen molar-refractivity contribution in [1.29, 1.82) is 0 Å². The maximum absolute atomic E-state index is 12.8. The second kappa shape index (κ2) is 7.60. The van der Waals surface area contributed by atoms with Crippen molar-refractivity contribution >= 4 is 41.5 Å². The molecule has 1 aromatic rings. The lowest BCUT2D eigenvalue weighted by atomic mass is 9.92. The summed E-state index contributed by atoms with van der Waals surface area (Å²) in [4.78, 5) is 14.8. The normalized spacial score (nSPS) is 29.8. The summed E-state index contributed by atoms with van der Waals surface area (Å²) in [6.45, 7) is 3.62. The average Bonchev–Trinajstić information content (AvgIpc) is 3.26. The van der Waals surface area contributed by atoms with Crippen molar-refractivity contribution in [2.75, 3.05) is 13.1 Å². The lowest BCUT2D eigenvalue weighted by Gasteiger charge is -2.38. The van der Waals surface area contributed by atoms with E-state index in [0.29, 0.717) is 22.5 Å². The number of amides is 1. The Morgan fingerprint density at radius 3 is 2.52 bits per heavy atom. The van der Waals surface area contributed by atoms with Gasteiger partial charge in [0.15, 0.2) is 0 Å². The predicted octanol–water partition coefficient (Wildman–Crippen LogP) is 4.10. The van der Waals surface area contributed by atoms with Crippen LogP contribution in [0.15, 0.2) is 18.2 Å². The van der Waals surface area contributed by atoms with Gasteiger partial charge in [-0.1, -0.05) is 30.1 Å². The van der Waals surface area contributed by atoms with Crippen LogP contribution in [-0.4, -0.2) is 29.9 Å². The molecule has 2 aliphatic rings. The number of nitrogens with zero attached hydrogens (tertiary/aromatic N) is 1. The Labute approximate surface area is 153 Å². The van der Waals surface area contributed by atoms with E-state index in [1.54, 1.807) is 6.07 Å². The van der Waals surface area contributed by atoms with Gasteiger partial charge in [0.2, 0.25) is 5.91 Å². The Morgan fingerprint density at radius 1 is 1.26 bits per heavy atom. The summed E-state index contributed by atoms with van der Waals surface area (Å²) in [5.74, 6) is 1.22. The number of piperidine rings is 1. The summed E-state index contributed by atoms with van der Waals surface area (Å²) in [7, 11) is 0. The fourth-order valence-corrected chi connectivity index (χ4v) is 4.15. The molecule has 0 radical (unpaired) electrons. The first-order valence-electron chi connectivity index (χ1n) is 7.96. The Kier molecular flexibility index (Phi) is 6.23. The molecule has 2 N–H and O–H groups in total. The molecule has 128 valence electrons. The summed E-state index contributed by atoms with van der Waals surface area (Å²) in [5.41, 5.74) is 6.95. The molecule has 4 unspecified atom stereocenters. The van der Waals surface area contributed by atoms with Crippen LogP contribution in [0, 0.1) is 11.8 Å². The highest BCUT2D eigenvalue weighted by Crippen LogP contribution is 2.50. The zero-order valence-corrected chi connectivity index (χ0v) is 15.5. The predicted molar refractivity (Wildman–Crippen MR) is 97.5 cm³/mol. The minimum absolute atomic E-state index is 0. The van der Waals surface area contributed by atoms with Crippen LogP contribution in [0.5, 0.6) is 0 Å². The first kappa shape index (κ1) is 18.9. The SMILES string of the molecule is CC1CCN(C(=O)C2CC2c2cc(Cl)cc(Cl)c2)C(CN)C1.Cl. The van der Waals surface area contributed by atoms with Crippen molar-refractivity contribution in [2.45, 2.75) is 38.1 Å². The molecule has 1 saturated carbocycles. The summed E-state index contributed by atoms with van der Waals surface area (Å²) >= 11 is 12.1. The van der Waals surface area contributed by atoms with E-state index in [0.717, 1.165) is 31.4 Å². The van der Waals surface area contributed by atoms with Gasteiger partial charge in [-0.2, -0.15) is 0 Å². The van der Waals surface area contributed by atoms with Crippen LogP contribution in [0.1, 0.15) is 37.7 Å². The molecule has 2 fully saturated rings. The summed E-state index contributed by atoms with van der Waals surface area (Å²) in [6.07, 6.45) is 2.98. The smallest absolute Gasteiger partial charge is 0.226 e. The van der Waals surface area contributed by atoms with Gasteiger partial charge in [-0.3, -0.25) is 4.79 Å². The van der Waals surface area contributed by atoms with Crippen LogP contribution in [-0.2, 0) is 4.79 Å². The van der Waals surface area contributed by atoms with Gasteiger partial charge in [-0.15, -0.1) is 12.4 Å². The Bertz CT molecular complexity index is 561. The fraction of sp³-hybridized carbons (Fsp3) is 0.588. The number of benzene rings is 1. The van der Waals surface area contributed by atoms with Gasteiger partial charge in [-0.25, -0.2) is 0 Å². The Hall–Kier alpha value is -0.480. The number of likely N-dealkylation sites (tertiary alicyclic amines) is 1. The third-order valence-corrected chi connectivity index (χ3v) is 5.39. The van der Waals surface area contributed by atoms with E-state index in [-0.39, 0.29) is 36.2 Å². The molecule has 0 aromatic heterocycles. The molecule has 1 aromatic carbocycles. The molecule has 1 aliphatic heterocycles. The summed E-state index contributed by atoms with van der Waals surface area (Å²) < 4.78 is 0. The second-order valence-electron chi connectivity index (χ2n) is 6.70. The first-order valence-corrected chi connectivity index (χ1v) is 8.71. The average molecular weight is 378 g/mol. The van der Waals surface area contributed by atoms with Crippen molar-refractivity contribution in [1.82, 2.24) is 4.90 Å². The molecule has 0 spiro atoms. The summed E-state index contributed by atoms with van der Waals surface area (Å²) in [6, 6.07) is 5.76. The van der Waals surface area contributed by atoms with Gasteiger partial charge in [0.1, 0.15) is 0 Å². The van der Waals surface area contributed by atoms with E-state index in [4.69, 9.17) is 28.9 Å². The lowest BCUT2D eigenvalue weighted by Crippen LogP contribution is -2.49. The van der Waals surface area contributed by atoms with Crippen LogP contribution < -0.4 is 5.73 Å². The number of halogens is 3. The number of carbonyl (C=O) groups excluding carboxylic acids is 1. The van der Waals surface area contributed by atoms with Crippen LogP contribution in [0.25, 0.3) is 0 Å². The summed E-state index contributed by atoms with van der Waals surface area (Å²) in [5, 5.41) is 1.26. The van der Waals surface area contributed by atoms with E-state index in [1.807, 2.05) is 17.0 Å². The minimum Gasteiger partial charge on any atom is -0.338 e. The van der Waals surface area contributed by atoms with Crippen molar-refractivity contribution < 1.29 is 4.79 Å². The standard InChI is InChI=1S/C17H22Cl2N2O.ClH/c1-10-2-3-21(14(4-10)9-20)17(22)16-8-15(16)11-5-12(18)7-13(19)6-11;/h5-7,10,14-16H,2-4,8-9,20H2,1H3;1H. The maximum atomic E-state index is 12.8. The number of carbonyl (C=O) groups is 1. The van der Waals surface area contributed by atoms with Crippen molar-refractivity contribution in [3.63, 3.8) is 0 Å². The maximum Gasteiger partial charge on any atom is 0.226 e. The van der Waals surface area contributed by atoms with Crippen molar-refractivity contribution in [3.8, 4) is 0 Å². The topological polar surface area (TPSA) is 46.3 Å². The molecular formula is C17H23Cl3N2O. The largest absolute Gasteiger partial charge is 0.338 e. The minimum atomic E-state index is 0. The number of hydrogen-bond acceptors (Lipinski definition) is 2. The van der Waals surface area contributed by atoms with Crippen LogP contribution in [0.3, 0.4) is 0 Å². The number of hydrogen-bond donors (Lipinski definition) is 1. The molecule has 1 heterocycles. The molecule has 4 atom stereocenters. The van der Waals surface area contributed by atoms with Gasteiger partial charge in [0.05, 0.1) is 0 Å². The highest BCUT2D eigenvalue weighted by atomic mass is 35.5. The monoisotopic (exact) mass is 376 g/mol. The third-order valence-electron chi connectivity index (χ3n) is 4.95. The zero-order valence-electron chi connectivity index (χ0n) is 13.2.